The van der Waals surface area contributed by atoms with Crippen LogP contribution in [0.1, 0.15) is 31.2 Å². The van der Waals surface area contributed by atoms with Crippen LogP contribution in [0.3, 0.4) is 0 Å². The molecule has 4 heteroatoms. The van der Waals surface area contributed by atoms with Crippen LogP contribution >= 0.6 is 12.4 Å². The van der Waals surface area contributed by atoms with Gasteiger partial charge in [-0.2, -0.15) is 0 Å². The van der Waals surface area contributed by atoms with Gasteiger partial charge in [0.2, 0.25) is 5.91 Å². The van der Waals surface area contributed by atoms with Crippen molar-refractivity contribution < 1.29 is 4.79 Å². The van der Waals surface area contributed by atoms with Gasteiger partial charge in [0.15, 0.2) is 0 Å². The first-order chi connectivity index (χ1) is 8.60. The summed E-state index contributed by atoms with van der Waals surface area (Å²) in [5.74, 6) is 0.592. The number of rotatable bonds is 2. The lowest BCUT2D eigenvalue weighted by molar-refractivity contribution is -0.135. The minimum absolute atomic E-state index is 0. The normalized spacial score (nSPS) is 27.8. The van der Waals surface area contributed by atoms with Gasteiger partial charge in [-0.3, -0.25) is 4.79 Å². The van der Waals surface area contributed by atoms with Crippen molar-refractivity contribution in [2.24, 2.45) is 11.1 Å². The average molecular weight is 281 g/mol. The van der Waals surface area contributed by atoms with Gasteiger partial charge in [-0.25, -0.2) is 0 Å². The third kappa shape index (κ3) is 2.63. The molecule has 104 valence electrons. The molecule has 0 unspecified atom stereocenters. The third-order valence-corrected chi connectivity index (χ3v) is 4.40. The Hall–Kier alpha value is -1.06. The molecule has 1 saturated heterocycles. The highest BCUT2D eigenvalue weighted by molar-refractivity contribution is 5.85. The third-order valence-electron chi connectivity index (χ3n) is 4.40. The molecule has 0 spiro atoms. The molecule has 2 atom stereocenters. The van der Waals surface area contributed by atoms with Gasteiger partial charge in [0, 0.05) is 30.5 Å². The molecular weight excluding hydrogens is 260 g/mol. The maximum Gasteiger partial charge on any atom is 0.228 e. The van der Waals surface area contributed by atoms with E-state index < -0.39 is 0 Å². The Morgan fingerprint density at radius 1 is 1.26 bits per heavy atom. The van der Waals surface area contributed by atoms with Gasteiger partial charge in [-0.15, -0.1) is 12.4 Å². The van der Waals surface area contributed by atoms with Crippen LogP contribution in [0.15, 0.2) is 30.3 Å². The van der Waals surface area contributed by atoms with Crippen molar-refractivity contribution in [3.05, 3.63) is 35.9 Å². The molecule has 2 fully saturated rings. The Kier molecular flexibility index (Phi) is 3.88. The maximum atomic E-state index is 12.3. The molecular formula is C15H21ClN2O. The molecule has 1 aliphatic heterocycles. The smallest absolute Gasteiger partial charge is 0.228 e. The van der Waals surface area contributed by atoms with Crippen molar-refractivity contribution in [1.82, 2.24) is 4.90 Å². The molecule has 19 heavy (non-hydrogen) atoms. The van der Waals surface area contributed by atoms with E-state index in [4.69, 9.17) is 5.73 Å². The van der Waals surface area contributed by atoms with Gasteiger partial charge in [0.05, 0.1) is 0 Å². The lowest BCUT2D eigenvalue weighted by Gasteiger charge is -2.20. The first-order valence-electron chi connectivity index (χ1n) is 6.70. The number of likely N-dealkylation sites (tertiary alicyclic amines) is 1. The first-order valence-corrected chi connectivity index (χ1v) is 6.70. The van der Waals surface area contributed by atoms with E-state index in [9.17, 15) is 4.79 Å². The van der Waals surface area contributed by atoms with E-state index in [0.29, 0.717) is 12.5 Å². The summed E-state index contributed by atoms with van der Waals surface area (Å²) < 4.78 is 0. The molecule has 0 radical (unpaired) electrons. The van der Waals surface area contributed by atoms with Crippen molar-refractivity contribution in [2.45, 2.75) is 31.7 Å². The van der Waals surface area contributed by atoms with E-state index in [1.54, 1.807) is 0 Å². The van der Waals surface area contributed by atoms with Crippen LogP contribution in [0.5, 0.6) is 0 Å². The van der Waals surface area contributed by atoms with Crippen LogP contribution in [0.4, 0.5) is 0 Å². The molecule has 2 N–H and O–H groups in total. The highest BCUT2D eigenvalue weighted by Crippen LogP contribution is 2.47. The minimum atomic E-state index is -0.0781. The van der Waals surface area contributed by atoms with E-state index in [1.165, 1.54) is 5.56 Å². The fraction of sp³-hybridized carbons (Fsp3) is 0.533. The predicted octanol–water partition coefficient (Wildman–Crippen LogP) is 2.16. The topological polar surface area (TPSA) is 46.3 Å². The lowest BCUT2D eigenvalue weighted by atomic mass is 9.95. The number of hydrogen-bond donors (Lipinski definition) is 1. The number of hydrogen-bond acceptors (Lipinski definition) is 2. The molecule has 1 aromatic carbocycles. The quantitative estimate of drug-likeness (QED) is 0.902. The number of carbonyl (C=O) groups excluding carboxylic acids is 1. The summed E-state index contributed by atoms with van der Waals surface area (Å²) in [5.41, 5.74) is 7.38. The summed E-state index contributed by atoms with van der Waals surface area (Å²) in [5, 5.41) is 0. The van der Waals surface area contributed by atoms with Crippen molar-refractivity contribution in [2.75, 3.05) is 13.1 Å². The van der Waals surface area contributed by atoms with Crippen molar-refractivity contribution in [3.8, 4) is 0 Å². The molecule has 1 aliphatic carbocycles. The highest BCUT2D eigenvalue weighted by atomic mass is 35.5. The lowest BCUT2D eigenvalue weighted by Crippen LogP contribution is -2.36. The summed E-state index contributed by atoms with van der Waals surface area (Å²) in [4.78, 5) is 14.3. The number of carbonyl (C=O) groups is 1. The van der Waals surface area contributed by atoms with Crippen LogP contribution in [0.25, 0.3) is 0 Å². The van der Waals surface area contributed by atoms with Crippen LogP contribution in [-0.2, 0) is 4.79 Å². The fourth-order valence-electron chi connectivity index (χ4n) is 2.83. The molecule has 1 saturated carbocycles. The van der Waals surface area contributed by atoms with E-state index in [-0.39, 0.29) is 29.8 Å². The summed E-state index contributed by atoms with van der Waals surface area (Å²) in [6.07, 6.45) is 2.07. The van der Waals surface area contributed by atoms with Crippen LogP contribution < -0.4 is 5.73 Å². The highest BCUT2D eigenvalue weighted by Gasteiger charge is 2.49. The monoisotopic (exact) mass is 280 g/mol. The Morgan fingerprint density at radius 3 is 2.47 bits per heavy atom. The average Bonchev–Trinajstić information content (AvgIpc) is 3.01. The number of amides is 1. The number of nitrogens with two attached hydrogens (primary N) is 1. The largest absolute Gasteiger partial charge is 0.340 e. The second-order valence-corrected chi connectivity index (χ2v) is 5.95. The van der Waals surface area contributed by atoms with Gasteiger partial charge >= 0.3 is 0 Å². The van der Waals surface area contributed by atoms with Gasteiger partial charge in [0.1, 0.15) is 0 Å². The Bertz CT molecular complexity index is 458. The zero-order chi connectivity index (χ0) is 12.8. The fourth-order valence-corrected chi connectivity index (χ4v) is 2.83. The van der Waals surface area contributed by atoms with Crippen LogP contribution in [0, 0.1) is 5.41 Å². The molecule has 2 aliphatic rings. The van der Waals surface area contributed by atoms with E-state index in [1.807, 2.05) is 23.1 Å². The summed E-state index contributed by atoms with van der Waals surface area (Å²) in [7, 11) is 0. The molecule has 1 aromatic rings. The SMILES string of the molecule is CC1(C(=O)N2C[C@@H](N)[C@H](c3ccccc3)C2)CC1.Cl. The van der Waals surface area contributed by atoms with E-state index in [0.717, 1.165) is 19.4 Å². The minimum Gasteiger partial charge on any atom is -0.340 e. The Labute approximate surface area is 120 Å². The standard InChI is InChI=1S/C15H20N2O.ClH/c1-15(7-8-15)14(18)17-9-12(13(16)10-17)11-5-3-2-4-6-11;/h2-6,12-13H,7-10,16H2,1H3;1H/t12-,13+;/m0./s1. The van der Waals surface area contributed by atoms with Gasteiger partial charge in [0.25, 0.3) is 0 Å². The van der Waals surface area contributed by atoms with Gasteiger partial charge in [-0.05, 0) is 18.4 Å². The summed E-state index contributed by atoms with van der Waals surface area (Å²) in [6.45, 7) is 3.55. The predicted molar refractivity (Wildman–Crippen MR) is 78.3 cm³/mol. The van der Waals surface area contributed by atoms with Crippen LogP contribution in [0.2, 0.25) is 0 Å². The Balaban J connectivity index is 0.00000133. The molecule has 0 bridgehead atoms. The summed E-state index contributed by atoms with van der Waals surface area (Å²) >= 11 is 0. The molecule has 3 nitrogen and oxygen atoms in total. The number of benzene rings is 1. The van der Waals surface area contributed by atoms with Gasteiger partial charge < -0.3 is 10.6 Å². The maximum absolute atomic E-state index is 12.3. The summed E-state index contributed by atoms with van der Waals surface area (Å²) in [6, 6.07) is 10.4. The van der Waals surface area contributed by atoms with Crippen LogP contribution in [-0.4, -0.2) is 29.9 Å². The van der Waals surface area contributed by atoms with Crippen molar-refractivity contribution >= 4 is 18.3 Å². The molecule has 3 rings (SSSR count). The number of halogens is 1. The zero-order valence-electron chi connectivity index (χ0n) is 11.2. The molecule has 1 amide bonds. The molecule has 0 aromatic heterocycles. The molecule has 1 heterocycles. The van der Waals surface area contributed by atoms with Crippen molar-refractivity contribution in [3.63, 3.8) is 0 Å². The van der Waals surface area contributed by atoms with Gasteiger partial charge in [-0.1, -0.05) is 37.3 Å². The van der Waals surface area contributed by atoms with E-state index in [2.05, 4.69) is 19.1 Å². The van der Waals surface area contributed by atoms with E-state index >= 15 is 0 Å². The van der Waals surface area contributed by atoms with Crippen molar-refractivity contribution in [1.29, 1.82) is 0 Å². The second kappa shape index (κ2) is 5.14. The number of nitrogens with zero attached hydrogens (tertiary/aromatic N) is 1. The Morgan fingerprint density at radius 2 is 1.89 bits per heavy atom. The zero-order valence-corrected chi connectivity index (χ0v) is 12.0. The first kappa shape index (κ1) is 14.4. The second-order valence-electron chi connectivity index (χ2n) is 5.95.